The Labute approximate surface area is 141 Å². The second kappa shape index (κ2) is 8.06. The summed E-state index contributed by atoms with van der Waals surface area (Å²) in [6, 6.07) is 11.0. The molecule has 0 radical (unpaired) electrons. The second-order valence-corrected chi connectivity index (χ2v) is 5.13. The summed E-state index contributed by atoms with van der Waals surface area (Å²) < 4.78 is 15.7. The summed E-state index contributed by atoms with van der Waals surface area (Å²) in [5.41, 5.74) is 2.41. The van der Waals surface area contributed by atoms with Gasteiger partial charge in [-0.15, -0.1) is 0 Å². The summed E-state index contributed by atoms with van der Waals surface area (Å²) in [6.45, 7) is 1.95. The van der Waals surface area contributed by atoms with E-state index in [-0.39, 0.29) is 5.91 Å². The fourth-order valence-corrected chi connectivity index (χ4v) is 2.23. The van der Waals surface area contributed by atoms with Crippen LogP contribution in [0.4, 0.5) is 5.69 Å². The second-order valence-electron chi connectivity index (χ2n) is 5.13. The molecular weight excluding hydrogens is 306 g/mol. The number of amides is 1. The zero-order valence-corrected chi connectivity index (χ0v) is 14.3. The minimum absolute atomic E-state index is 0.260. The van der Waals surface area contributed by atoms with Crippen molar-refractivity contribution < 1.29 is 19.0 Å². The van der Waals surface area contributed by atoms with Crippen molar-refractivity contribution in [2.24, 2.45) is 0 Å². The van der Waals surface area contributed by atoms with Gasteiger partial charge in [0.1, 0.15) is 17.2 Å². The Morgan fingerprint density at radius 2 is 1.67 bits per heavy atom. The molecule has 0 saturated carbocycles. The van der Waals surface area contributed by atoms with Crippen molar-refractivity contribution in [3.05, 3.63) is 53.6 Å². The molecule has 5 heteroatoms. The van der Waals surface area contributed by atoms with E-state index < -0.39 is 0 Å². The number of hydrogen-bond acceptors (Lipinski definition) is 4. The van der Waals surface area contributed by atoms with Crippen molar-refractivity contribution in [2.75, 3.05) is 26.6 Å². The van der Waals surface area contributed by atoms with Gasteiger partial charge in [-0.3, -0.25) is 4.79 Å². The Bertz CT molecular complexity index is 753. The SMILES string of the molecule is COc1ccc(OC)c(/C=C/C(=O)Nc2cc(C)ccc2OC)c1. The van der Waals surface area contributed by atoms with Crippen molar-refractivity contribution in [3.63, 3.8) is 0 Å². The molecule has 0 saturated heterocycles. The molecule has 0 unspecified atom stereocenters. The minimum Gasteiger partial charge on any atom is -0.497 e. The average molecular weight is 327 g/mol. The topological polar surface area (TPSA) is 56.8 Å². The summed E-state index contributed by atoms with van der Waals surface area (Å²) in [4.78, 5) is 12.2. The van der Waals surface area contributed by atoms with E-state index in [0.29, 0.717) is 22.9 Å². The predicted octanol–water partition coefficient (Wildman–Crippen LogP) is 3.67. The lowest BCUT2D eigenvalue weighted by atomic mass is 10.1. The van der Waals surface area contributed by atoms with Gasteiger partial charge in [-0.1, -0.05) is 6.07 Å². The highest BCUT2D eigenvalue weighted by Gasteiger charge is 2.07. The Hall–Kier alpha value is -2.95. The molecule has 0 aromatic heterocycles. The first kappa shape index (κ1) is 17.4. The van der Waals surface area contributed by atoms with Gasteiger partial charge >= 0.3 is 0 Å². The van der Waals surface area contributed by atoms with Crippen LogP contribution in [0.1, 0.15) is 11.1 Å². The molecule has 2 rings (SSSR count). The monoisotopic (exact) mass is 327 g/mol. The smallest absolute Gasteiger partial charge is 0.248 e. The summed E-state index contributed by atoms with van der Waals surface area (Å²) in [5, 5.41) is 2.82. The summed E-state index contributed by atoms with van der Waals surface area (Å²) in [5.74, 6) is 1.70. The number of carbonyl (C=O) groups excluding carboxylic acids is 1. The lowest BCUT2D eigenvalue weighted by Crippen LogP contribution is -2.09. The lowest BCUT2D eigenvalue weighted by molar-refractivity contribution is -0.111. The van der Waals surface area contributed by atoms with Crippen LogP contribution in [0.5, 0.6) is 17.2 Å². The third kappa shape index (κ3) is 4.29. The van der Waals surface area contributed by atoms with Crippen molar-refractivity contribution in [2.45, 2.75) is 6.92 Å². The largest absolute Gasteiger partial charge is 0.497 e. The molecule has 126 valence electrons. The molecule has 0 aliphatic rings. The molecule has 1 N–H and O–H groups in total. The van der Waals surface area contributed by atoms with Crippen LogP contribution >= 0.6 is 0 Å². The third-order valence-corrected chi connectivity index (χ3v) is 3.46. The highest BCUT2D eigenvalue weighted by molar-refractivity contribution is 6.03. The van der Waals surface area contributed by atoms with E-state index in [1.807, 2.05) is 25.1 Å². The first-order chi connectivity index (χ1) is 11.6. The van der Waals surface area contributed by atoms with Crippen molar-refractivity contribution in [1.29, 1.82) is 0 Å². The molecule has 2 aromatic rings. The van der Waals surface area contributed by atoms with Gasteiger partial charge in [-0.2, -0.15) is 0 Å². The number of carbonyl (C=O) groups is 1. The zero-order valence-electron chi connectivity index (χ0n) is 14.3. The van der Waals surface area contributed by atoms with E-state index in [1.54, 1.807) is 45.6 Å². The summed E-state index contributed by atoms with van der Waals surface area (Å²) in [6.07, 6.45) is 3.12. The van der Waals surface area contributed by atoms with Crippen LogP contribution in [0, 0.1) is 6.92 Å². The number of hydrogen-bond donors (Lipinski definition) is 1. The maximum Gasteiger partial charge on any atom is 0.248 e. The molecule has 24 heavy (non-hydrogen) atoms. The van der Waals surface area contributed by atoms with Crippen LogP contribution in [-0.2, 0) is 4.79 Å². The number of methoxy groups -OCH3 is 3. The van der Waals surface area contributed by atoms with E-state index in [0.717, 1.165) is 11.1 Å². The number of nitrogens with one attached hydrogen (secondary N) is 1. The Morgan fingerprint density at radius 1 is 0.958 bits per heavy atom. The number of rotatable bonds is 6. The average Bonchev–Trinajstić information content (AvgIpc) is 2.59. The fraction of sp³-hybridized carbons (Fsp3) is 0.211. The number of anilines is 1. The van der Waals surface area contributed by atoms with E-state index in [4.69, 9.17) is 14.2 Å². The standard InChI is InChI=1S/C19H21NO4/c1-13-5-8-18(24-4)16(11-13)20-19(21)10-6-14-12-15(22-2)7-9-17(14)23-3/h5-12H,1-4H3,(H,20,21)/b10-6+. The van der Waals surface area contributed by atoms with Crippen molar-refractivity contribution >= 4 is 17.7 Å². The quantitative estimate of drug-likeness (QED) is 0.823. The van der Waals surface area contributed by atoms with E-state index in [2.05, 4.69) is 5.32 Å². The van der Waals surface area contributed by atoms with Gasteiger partial charge in [0.2, 0.25) is 5.91 Å². The van der Waals surface area contributed by atoms with Crippen molar-refractivity contribution in [1.82, 2.24) is 0 Å². The normalized spacial score (nSPS) is 10.5. The van der Waals surface area contributed by atoms with Gasteiger partial charge in [-0.05, 0) is 48.9 Å². The third-order valence-electron chi connectivity index (χ3n) is 3.46. The molecular formula is C19H21NO4. The van der Waals surface area contributed by atoms with E-state index >= 15 is 0 Å². The first-order valence-corrected chi connectivity index (χ1v) is 7.43. The molecule has 2 aromatic carbocycles. The Balaban J connectivity index is 2.18. The van der Waals surface area contributed by atoms with Crippen LogP contribution in [0.25, 0.3) is 6.08 Å². The number of aryl methyl sites for hydroxylation is 1. The number of ether oxygens (including phenoxy) is 3. The van der Waals surface area contributed by atoms with Crippen LogP contribution in [0.2, 0.25) is 0 Å². The summed E-state index contributed by atoms with van der Waals surface area (Å²) >= 11 is 0. The van der Waals surface area contributed by atoms with Crippen LogP contribution < -0.4 is 19.5 Å². The van der Waals surface area contributed by atoms with Gasteiger partial charge in [0.15, 0.2) is 0 Å². The van der Waals surface area contributed by atoms with Gasteiger partial charge in [0.25, 0.3) is 0 Å². The molecule has 0 fully saturated rings. The van der Waals surface area contributed by atoms with E-state index in [9.17, 15) is 4.79 Å². The fourth-order valence-electron chi connectivity index (χ4n) is 2.23. The first-order valence-electron chi connectivity index (χ1n) is 7.43. The molecule has 0 aliphatic carbocycles. The van der Waals surface area contributed by atoms with Gasteiger partial charge < -0.3 is 19.5 Å². The molecule has 0 aliphatic heterocycles. The molecule has 5 nitrogen and oxygen atoms in total. The highest BCUT2D eigenvalue weighted by Crippen LogP contribution is 2.26. The summed E-state index contributed by atoms with van der Waals surface area (Å²) in [7, 11) is 4.74. The lowest BCUT2D eigenvalue weighted by Gasteiger charge is -2.10. The molecule has 0 heterocycles. The maximum atomic E-state index is 12.2. The van der Waals surface area contributed by atoms with Crippen LogP contribution in [0.3, 0.4) is 0 Å². The minimum atomic E-state index is -0.260. The maximum absolute atomic E-state index is 12.2. The molecule has 0 atom stereocenters. The van der Waals surface area contributed by atoms with E-state index in [1.165, 1.54) is 6.08 Å². The van der Waals surface area contributed by atoms with Crippen LogP contribution in [-0.4, -0.2) is 27.2 Å². The Morgan fingerprint density at radius 3 is 2.33 bits per heavy atom. The zero-order chi connectivity index (χ0) is 17.5. The number of benzene rings is 2. The highest BCUT2D eigenvalue weighted by atomic mass is 16.5. The Kier molecular flexibility index (Phi) is 5.84. The molecule has 0 bridgehead atoms. The van der Waals surface area contributed by atoms with Crippen LogP contribution in [0.15, 0.2) is 42.5 Å². The predicted molar refractivity (Wildman–Crippen MR) is 94.9 cm³/mol. The van der Waals surface area contributed by atoms with Crippen molar-refractivity contribution in [3.8, 4) is 17.2 Å². The van der Waals surface area contributed by atoms with Gasteiger partial charge in [0, 0.05) is 11.6 Å². The van der Waals surface area contributed by atoms with Gasteiger partial charge in [-0.25, -0.2) is 0 Å². The van der Waals surface area contributed by atoms with Gasteiger partial charge in [0.05, 0.1) is 27.0 Å². The molecule has 1 amide bonds. The molecule has 0 spiro atoms.